The van der Waals surface area contributed by atoms with Crippen LogP contribution in [0.15, 0.2) is 65.7 Å². The zero-order chi connectivity index (χ0) is 19.4. The van der Waals surface area contributed by atoms with Crippen LogP contribution in [-0.2, 0) is 16.6 Å². The van der Waals surface area contributed by atoms with Crippen molar-refractivity contribution >= 4 is 39.0 Å². The maximum atomic E-state index is 12.6. The summed E-state index contributed by atoms with van der Waals surface area (Å²) in [5.41, 5.74) is 2.08. The number of nitrogens with one attached hydrogen (secondary N) is 1. The zero-order valence-corrected chi connectivity index (χ0v) is 16.6. The van der Waals surface area contributed by atoms with Gasteiger partial charge in [-0.15, -0.1) is 0 Å². The first kappa shape index (κ1) is 19.5. The molecule has 27 heavy (non-hydrogen) atoms. The average molecular weight is 423 g/mol. The Bertz CT molecular complexity index is 1070. The standard InChI is InChI=1S/C19H16Cl2N2O3S/c1-13-5-2-3-6-14(13)12-26-18-7-4-10-22-19(18)23-27(24,25)15-8-9-16(20)17(21)11-15/h2-11H,12H2,1H3,(H,22,23). The molecule has 1 heterocycles. The van der Waals surface area contributed by atoms with Crippen molar-refractivity contribution in [3.05, 3.63) is 82.0 Å². The molecule has 0 saturated heterocycles. The van der Waals surface area contributed by atoms with Crippen molar-refractivity contribution in [1.29, 1.82) is 0 Å². The number of sulfonamides is 1. The van der Waals surface area contributed by atoms with Crippen LogP contribution in [-0.4, -0.2) is 13.4 Å². The van der Waals surface area contributed by atoms with Gasteiger partial charge in [0.25, 0.3) is 10.0 Å². The lowest BCUT2D eigenvalue weighted by atomic mass is 10.1. The molecule has 0 saturated carbocycles. The second-order valence-electron chi connectivity index (χ2n) is 5.75. The van der Waals surface area contributed by atoms with Gasteiger partial charge in [-0.05, 0) is 48.4 Å². The van der Waals surface area contributed by atoms with Gasteiger partial charge in [0.15, 0.2) is 11.6 Å². The molecule has 0 aliphatic heterocycles. The van der Waals surface area contributed by atoms with E-state index in [1.807, 2.05) is 31.2 Å². The van der Waals surface area contributed by atoms with Gasteiger partial charge in [-0.1, -0.05) is 47.5 Å². The van der Waals surface area contributed by atoms with Crippen molar-refractivity contribution in [2.75, 3.05) is 4.72 Å². The number of ether oxygens (including phenoxy) is 1. The molecule has 0 aliphatic carbocycles. The Hall–Kier alpha value is -2.28. The molecule has 0 fully saturated rings. The van der Waals surface area contributed by atoms with E-state index in [0.29, 0.717) is 12.4 Å². The molecule has 8 heteroatoms. The van der Waals surface area contributed by atoms with Crippen molar-refractivity contribution < 1.29 is 13.2 Å². The summed E-state index contributed by atoms with van der Waals surface area (Å²) in [6.45, 7) is 2.27. The Morgan fingerprint density at radius 1 is 1.04 bits per heavy atom. The smallest absolute Gasteiger partial charge is 0.263 e. The predicted octanol–water partition coefficient (Wildman–Crippen LogP) is 5.08. The number of hydrogen-bond donors (Lipinski definition) is 1. The lowest BCUT2D eigenvalue weighted by Gasteiger charge is -2.13. The van der Waals surface area contributed by atoms with E-state index in [1.54, 1.807) is 12.1 Å². The summed E-state index contributed by atoms with van der Waals surface area (Å²) < 4.78 is 33.5. The summed E-state index contributed by atoms with van der Waals surface area (Å²) in [6, 6.07) is 15.2. The Morgan fingerprint density at radius 3 is 2.56 bits per heavy atom. The predicted molar refractivity (Wildman–Crippen MR) is 107 cm³/mol. The molecule has 0 atom stereocenters. The number of halogens is 2. The third kappa shape index (κ3) is 4.71. The molecule has 2 aromatic carbocycles. The highest BCUT2D eigenvalue weighted by Gasteiger charge is 2.19. The summed E-state index contributed by atoms with van der Waals surface area (Å²) in [4.78, 5) is 4.07. The van der Waals surface area contributed by atoms with E-state index in [0.717, 1.165) is 11.1 Å². The van der Waals surface area contributed by atoms with E-state index in [1.165, 1.54) is 24.4 Å². The largest absolute Gasteiger partial charge is 0.485 e. The third-order valence-electron chi connectivity index (χ3n) is 3.85. The minimum atomic E-state index is -3.90. The second-order valence-corrected chi connectivity index (χ2v) is 8.24. The molecule has 140 valence electrons. The minimum absolute atomic E-state index is 0.0209. The van der Waals surface area contributed by atoms with Gasteiger partial charge in [0.1, 0.15) is 6.61 Å². The van der Waals surface area contributed by atoms with Crippen LogP contribution < -0.4 is 9.46 Å². The monoisotopic (exact) mass is 422 g/mol. The Labute approximate surface area is 168 Å². The fourth-order valence-corrected chi connectivity index (χ4v) is 3.75. The number of aryl methyl sites for hydroxylation is 1. The average Bonchev–Trinajstić information content (AvgIpc) is 2.64. The highest BCUT2D eigenvalue weighted by molar-refractivity contribution is 7.92. The molecule has 0 spiro atoms. The summed E-state index contributed by atoms with van der Waals surface area (Å²) in [6.07, 6.45) is 1.48. The molecular weight excluding hydrogens is 407 g/mol. The molecule has 0 unspecified atom stereocenters. The van der Waals surface area contributed by atoms with Gasteiger partial charge in [-0.3, -0.25) is 4.72 Å². The SMILES string of the molecule is Cc1ccccc1COc1cccnc1NS(=O)(=O)c1ccc(Cl)c(Cl)c1. The van der Waals surface area contributed by atoms with Crippen molar-refractivity contribution in [1.82, 2.24) is 4.98 Å². The molecule has 0 bridgehead atoms. The van der Waals surface area contributed by atoms with Gasteiger partial charge in [-0.25, -0.2) is 13.4 Å². The molecule has 1 aromatic heterocycles. The number of anilines is 1. The number of hydrogen-bond acceptors (Lipinski definition) is 4. The van der Waals surface area contributed by atoms with Crippen LogP contribution in [0.4, 0.5) is 5.82 Å². The lowest BCUT2D eigenvalue weighted by molar-refractivity contribution is 0.306. The zero-order valence-electron chi connectivity index (χ0n) is 14.3. The fraction of sp³-hybridized carbons (Fsp3) is 0.105. The topological polar surface area (TPSA) is 68.3 Å². The van der Waals surface area contributed by atoms with E-state index >= 15 is 0 Å². The van der Waals surface area contributed by atoms with Gasteiger partial charge in [0.05, 0.1) is 14.9 Å². The summed E-state index contributed by atoms with van der Waals surface area (Å²) in [5, 5.41) is 0.423. The number of nitrogens with zero attached hydrogens (tertiary/aromatic N) is 1. The normalized spacial score (nSPS) is 11.2. The molecule has 3 rings (SSSR count). The Morgan fingerprint density at radius 2 is 1.81 bits per heavy atom. The molecule has 0 amide bonds. The van der Waals surface area contributed by atoms with Gasteiger partial charge >= 0.3 is 0 Å². The van der Waals surface area contributed by atoms with E-state index in [9.17, 15) is 8.42 Å². The second kappa shape index (κ2) is 8.17. The number of benzene rings is 2. The van der Waals surface area contributed by atoms with Crippen molar-refractivity contribution in [2.45, 2.75) is 18.4 Å². The number of aromatic nitrogens is 1. The highest BCUT2D eigenvalue weighted by Crippen LogP contribution is 2.28. The maximum absolute atomic E-state index is 12.6. The van der Waals surface area contributed by atoms with Crippen LogP contribution in [0.3, 0.4) is 0 Å². The first-order valence-electron chi connectivity index (χ1n) is 7.97. The van der Waals surface area contributed by atoms with Gasteiger partial charge in [0, 0.05) is 6.20 Å². The van der Waals surface area contributed by atoms with Gasteiger partial charge in [0.2, 0.25) is 0 Å². The Kier molecular flexibility index (Phi) is 5.89. The van der Waals surface area contributed by atoms with Crippen LogP contribution >= 0.6 is 23.2 Å². The summed E-state index contributed by atoms with van der Waals surface area (Å²) >= 11 is 11.8. The fourth-order valence-electron chi connectivity index (χ4n) is 2.34. The van der Waals surface area contributed by atoms with Crippen LogP contribution in [0.1, 0.15) is 11.1 Å². The van der Waals surface area contributed by atoms with E-state index in [4.69, 9.17) is 27.9 Å². The number of rotatable bonds is 6. The van der Waals surface area contributed by atoms with Crippen LogP contribution in [0, 0.1) is 6.92 Å². The lowest BCUT2D eigenvalue weighted by Crippen LogP contribution is -2.15. The molecule has 5 nitrogen and oxygen atoms in total. The minimum Gasteiger partial charge on any atom is -0.485 e. The highest BCUT2D eigenvalue weighted by atomic mass is 35.5. The van der Waals surface area contributed by atoms with Crippen molar-refractivity contribution in [3.8, 4) is 5.75 Å². The van der Waals surface area contributed by atoms with Crippen LogP contribution in [0.5, 0.6) is 5.75 Å². The summed E-state index contributed by atoms with van der Waals surface area (Å²) in [7, 11) is -3.90. The molecule has 3 aromatic rings. The van der Waals surface area contributed by atoms with Gasteiger partial charge in [-0.2, -0.15) is 0 Å². The van der Waals surface area contributed by atoms with Crippen molar-refractivity contribution in [3.63, 3.8) is 0 Å². The first-order chi connectivity index (χ1) is 12.9. The molecule has 1 N–H and O–H groups in total. The molecular formula is C19H16Cl2N2O3S. The third-order valence-corrected chi connectivity index (χ3v) is 5.92. The van der Waals surface area contributed by atoms with Crippen LogP contribution in [0.25, 0.3) is 0 Å². The van der Waals surface area contributed by atoms with E-state index < -0.39 is 10.0 Å². The van der Waals surface area contributed by atoms with Crippen molar-refractivity contribution in [2.24, 2.45) is 0 Å². The number of pyridine rings is 1. The van der Waals surface area contributed by atoms with Crippen LogP contribution in [0.2, 0.25) is 10.0 Å². The van der Waals surface area contributed by atoms with E-state index in [2.05, 4.69) is 9.71 Å². The summed E-state index contributed by atoms with van der Waals surface area (Å²) in [5.74, 6) is 0.418. The van der Waals surface area contributed by atoms with E-state index in [-0.39, 0.29) is 20.8 Å². The maximum Gasteiger partial charge on any atom is 0.263 e. The van der Waals surface area contributed by atoms with Gasteiger partial charge < -0.3 is 4.74 Å². The Balaban J connectivity index is 1.83. The molecule has 0 radical (unpaired) electrons. The first-order valence-corrected chi connectivity index (χ1v) is 10.2. The quantitative estimate of drug-likeness (QED) is 0.601. The molecule has 0 aliphatic rings.